The van der Waals surface area contributed by atoms with Crippen molar-refractivity contribution in [2.45, 2.75) is 13.5 Å². The number of hydrogen-bond acceptors (Lipinski definition) is 1. The van der Waals surface area contributed by atoms with E-state index in [0.717, 1.165) is 11.2 Å². The van der Waals surface area contributed by atoms with Gasteiger partial charge in [0.15, 0.2) is 0 Å². The average Bonchev–Trinajstić information content (AvgIpc) is 2.53. The minimum Gasteiger partial charge on any atom is -0.342 e. The fourth-order valence-electron chi connectivity index (χ4n) is 1.85. The summed E-state index contributed by atoms with van der Waals surface area (Å²) in [5.74, 6) is -0.242. The summed E-state index contributed by atoms with van der Waals surface area (Å²) in [6, 6.07) is 4.76. The standard InChI is InChI=1S/C11H12ClFN2/c1-7-6-8-10(13)3-2-9(12)11(8)15(7)5-4-14/h2-3,6H,4-5,14H2,1H3. The molecule has 0 atom stereocenters. The van der Waals surface area contributed by atoms with Gasteiger partial charge in [-0.2, -0.15) is 0 Å². The second-order valence-electron chi connectivity index (χ2n) is 3.52. The summed E-state index contributed by atoms with van der Waals surface area (Å²) in [6.45, 7) is 3.08. The van der Waals surface area contributed by atoms with E-state index in [-0.39, 0.29) is 5.82 Å². The lowest BCUT2D eigenvalue weighted by molar-refractivity contribution is 0.639. The Morgan fingerprint density at radius 1 is 1.47 bits per heavy atom. The highest BCUT2D eigenvalue weighted by atomic mass is 35.5. The van der Waals surface area contributed by atoms with Crippen molar-refractivity contribution in [3.63, 3.8) is 0 Å². The molecule has 0 aliphatic rings. The number of benzene rings is 1. The summed E-state index contributed by atoms with van der Waals surface area (Å²) >= 11 is 6.05. The zero-order chi connectivity index (χ0) is 11.0. The molecular formula is C11H12ClFN2. The highest BCUT2D eigenvalue weighted by Crippen LogP contribution is 2.28. The van der Waals surface area contributed by atoms with Crippen LogP contribution in [0.15, 0.2) is 18.2 Å². The lowest BCUT2D eigenvalue weighted by Gasteiger charge is -2.07. The monoisotopic (exact) mass is 226 g/mol. The van der Waals surface area contributed by atoms with Gasteiger partial charge in [-0.25, -0.2) is 4.39 Å². The first kappa shape index (κ1) is 10.5. The maximum absolute atomic E-state index is 13.5. The van der Waals surface area contributed by atoms with Gasteiger partial charge in [-0.1, -0.05) is 11.6 Å². The molecule has 2 nitrogen and oxygen atoms in total. The van der Waals surface area contributed by atoms with Crippen LogP contribution in [0.5, 0.6) is 0 Å². The van der Waals surface area contributed by atoms with Crippen LogP contribution < -0.4 is 5.73 Å². The van der Waals surface area contributed by atoms with E-state index in [9.17, 15) is 4.39 Å². The minimum atomic E-state index is -0.242. The van der Waals surface area contributed by atoms with Crippen LogP contribution in [0.3, 0.4) is 0 Å². The number of nitrogens with two attached hydrogens (primary N) is 1. The van der Waals surface area contributed by atoms with Gasteiger partial charge in [0.2, 0.25) is 0 Å². The molecule has 1 heterocycles. The van der Waals surface area contributed by atoms with Crippen LogP contribution in [0.25, 0.3) is 10.9 Å². The molecule has 2 N–H and O–H groups in total. The number of aryl methyl sites for hydroxylation is 1. The second kappa shape index (κ2) is 3.83. The second-order valence-corrected chi connectivity index (χ2v) is 3.92. The summed E-state index contributed by atoms with van der Waals surface area (Å²) in [5, 5.41) is 1.13. The van der Waals surface area contributed by atoms with Gasteiger partial charge in [0.1, 0.15) is 5.82 Å². The van der Waals surface area contributed by atoms with Crippen molar-refractivity contribution in [2.75, 3.05) is 6.54 Å². The van der Waals surface area contributed by atoms with E-state index >= 15 is 0 Å². The van der Waals surface area contributed by atoms with Crippen molar-refractivity contribution in [1.82, 2.24) is 4.57 Å². The highest BCUT2D eigenvalue weighted by molar-refractivity contribution is 6.35. The van der Waals surface area contributed by atoms with Gasteiger partial charge >= 0.3 is 0 Å². The van der Waals surface area contributed by atoms with Crippen molar-refractivity contribution in [3.05, 3.63) is 34.7 Å². The molecule has 0 spiro atoms. The topological polar surface area (TPSA) is 30.9 Å². The lowest BCUT2D eigenvalue weighted by atomic mass is 10.2. The van der Waals surface area contributed by atoms with Gasteiger partial charge < -0.3 is 10.3 Å². The van der Waals surface area contributed by atoms with Gasteiger partial charge in [0, 0.05) is 24.2 Å². The SMILES string of the molecule is Cc1cc2c(F)ccc(Cl)c2n1CCN. The first-order valence-electron chi connectivity index (χ1n) is 4.79. The number of halogens is 2. The van der Waals surface area contributed by atoms with Crippen molar-refractivity contribution in [2.24, 2.45) is 5.73 Å². The first-order chi connectivity index (χ1) is 7.15. The van der Waals surface area contributed by atoms with Gasteiger partial charge in [-0.05, 0) is 25.1 Å². The summed E-state index contributed by atoms with van der Waals surface area (Å²) in [5.41, 5.74) is 7.22. The quantitative estimate of drug-likeness (QED) is 0.839. The van der Waals surface area contributed by atoms with Crippen molar-refractivity contribution in [1.29, 1.82) is 0 Å². The summed E-state index contributed by atoms with van der Waals surface area (Å²) < 4.78 is 15.4. The number of hydrogen-bond donors (Lipinski definition) is 1. The third-order valence-corrected chi connectivity index (χ3v) is 2.82. The Balaban J connectivity index is 2.79. The van der Waals surface area contributed by atoms with Gasteiger partial charge in [-0.3, -0.25) is 0 Å². The van der Waals surface area contributed by atoms with Crippen LogP contribution in [0.1, 0.15) is 5.69 Å². The van der Waals surface area contributed by atoms with E-state index in [1.807, 2.05) is 11.5 Å². The molecule has 0 aliphatic carbocycles. The molecule has 0 amide bonds. The van der Waals surface area contributed by atoms with Crippen LogP contribution in [0, 0.1) is 12.7 Å². The van der Waals surface area contributed by atoms with Gasteiger partial charge in [0.25, 0.3) is 0 Å². The van der Waals surface area contributed by atoms with Crippen LogP contribution in [-0.4, -0.2) is 11.1 Å². The number of fused-ring (bicyclic) bond motifs is 1. The number of aromatic nitrogens is 1. The maximum atomic E-state index is 13.5. The third-order valence-electron chi connectivity index (χ3n) is 2.52. The molecule has 2 aromatic rings. The zero-order valence-electron chi connectivity index (χ0n) is 8.43. The highest BCUT2D eigenvalue weighted by Gasteiger charge is 2.11. The molecule has 4 heteroatoms. The Hall–Kier alpha value is -1.06. The Morgan fingerprint density at radius 3 is 2.87 bits per heavy atom. The van der Waals surface area contributed by atoms with Crippen LogP contribution in [-0.2, 0) is 6.54 Å². The molecular weight excluding hydrogens is 215 g/mol. The fraction of sp³-hybridized carbons (Fsp3) is 0.273. The first-order valence-corrected chi connectivity index (χ1v) is 5.17. The number of nitrogens with zero attached hydrogens (tertiary/aromatic N) is 1. The van der Waals surface area contributed by atoms with Crippen LogP contribution in [0.2, 0.25) is 5.02 Å². The molecule has 80 valence electrons. The van der Waals surface area contributed by atoms with E-state index in [0.29, 0.717) is 23.5 Å². The van der Waals surface area contributed by atoms with Crippen LogP contribution >= 0.6 is 11.6 Å². The molecule has 0 bridgehead atoms. The summed E-state index contributed by atoms with van der Waals surface area (Å²) in [6.07, 6.45) is 0. The predicted molar refractivity (Wildman–Crippen MR) is 60.7 cm³/mol. The van der Waals surface area contributed by atoms with Crippen molar-refractivity contribution in [3.8, 4) is 0 Å². The molecule has 0 saturated heterocycles. The molecule has 0 fully saturated rings. The van der Waals surface area contributed by atoms with Gasteiger partial charge in [0.05, 0.1) is 10.5 Å². The normalized spacial score (nSPS) is 11.2. The molecule has 2 rings (SSSR count). The largest absolute Gasteiger partial charge is 0.342 e. The smallest absolute Gasteiger partial charge is 0.132 e. The minimum absolute atomic E-state index is 0.242. The Kier molecular flexibility index (Phi) is 2.67. The summed E-state index contributed by atoms with van der Waals surface area (Å²) in [4.78, 5) is 0. The average molecular weight is 227 g/mol. The van der Waals surface area contributed by atoms with Crippen LogP contribution in [0.4, 0.5) is 4.39 Å². The van der Waals surface area contributed by atoms with E-state index in [1.165, 1.54) is 6.07 Å². The lowest BCUT2D eigenvalue weighted by Crippen LogP contribution is -2.10. The van der Waals surface area contributed by atoms with Crippen molar-refractivity contribution < 1.29 is 4.39 Å². The molecule has 0 radical (unpaired) electrons. The van der Waals surface area contributed by atoms with Gasteiger partial charge in [-0.15, -0.1) is 0 Å². The van der Waals surface area contributed by atoms with E-state index in [1.54, 1.807) is 12.1 Å². The van der Waals surface area contributed by atoms with Crippen molar-refractivity contribution >= 4 is 22.5 Å². The Labute approximate surface area is 92.4 Å². The van der Waals surface area contributed by atoms with E-state index in [4.69, 9.17) is 17.3 Å². The number of rotatable bonds is 2. The third kappa shape index (κ3) is 1.62. The molecule has 1 aromatic heterocycles. The van der Waals surface area contributed by atoms with E-state index in [2.05, 4.69) is 0 Å². The Morgan fingerprint density at radius 2 is 2.20 bits per heavy atom. The fourth-order valence-corrected chi connectivity index (χ4v) is 2.12. The van der Waals surface area contributed by atoms with E-state index < -0.39 is 0 Å². The predicted octanol–water partition coefficient (Wildman–Crippen LogP) is 2.70. The Bertz CT molecular complexity index is 505. The summed E-state index contributed by atoms with van der Waals surface area (Å²) in [7, 11) is 0. The molecule has 0 unspecified atom stereocenters. The molecule has 0 aliphatic heterocycles. The molecule has 1 aromatic carbocycles. The maximum Gasteiger partial charge on any atom is 0.132 e. The zero-order valence-corrected chi connectivity index (χ0v) is 9.18. The molecule has 0 saturated carbocycles. The molecule has 15 heavy (non-hydrogen) atoms.